The fourth-order valence-corrected chi connectivity index (χ4v) is 1.73. The van der Waals surface area contributed by atoms with Gasteiger partial charge in [-0.2, -0.15) is 5.26 Å². The van der Waals surface area contributed by atoms with E-state index in [2.05, 4.69) is 0 Å². The van der Waals surface area contributed by atoms with Gasteiger partial charge in [0, 0.05) is 6.04 Å². The van der Waals surface area contributed by atoms with E-state index in [1.165, 1.54) is 0 Å². The molecule has 0 atom stereocenters. The highest BCUT2D eigenvalue weighted by Crippen LogP contribution is 2.08. The molecule has 1 aromatic carbocycles. The topological polar surface area (TPSA) is 44.1 Å². The lowest BCUT2D eigenvalue weighted by atomic mass is 10.1. The summed E-state index contributed by atoms with van der Waals surface area (Å²) in [6.45, 7) is 6.00. The summed E-state index contributed by atoms with van der Waals surface area (Å²) in [4.78, 5) is 13.6. The van der Waals surface area contributed by atoms with E-state index in [9.17, 15) is 4.79 Å². The van der Waals surface area contributed by atoms with Crippen molar-refractivity contribution in [2.75, 3.05) is 6.54 Å². The van der Waals surface area contributed by atoms with Crippen LogP contribution in [-0.4, -0.2) is 23.4 Å². The molecular formula is C14H18N2O. The predicted molar refractivity (Wildman–Crippen MR) is 67.3 cm³/mol. The second-order valence-corrected chi connectivity index (χ2v) is 4.44. The molecule has 3 nitrogen and oxygen atoms in total. The van der Waals surface area contributed by atoms with Crippen molar-refractivity contribution in [1.82, 2.24) is 4.90 Å². The Hall–Kier alpha value is -1.82. The Morgan fingerprint density at radius 1 is 1.47 bits per heavy atom. The van der Waals surface area contributed by atoms with Crippen molar-refractivity contribution < 1.29 is 4.79 Å². The van der Waals surface area contributed by atoms with E-state index < -0.39 is 0 Å². The maximum Gasteiger partial charge on any atom is 0.228 e. The van der Waals surface area contributed by atoms with Gasteiger partial charge in [0.2, 0.25) is 5.91 Å². The van der Waals surface area contributed by atoms with Gasteiger partial charge < -0.3 is 4.90 Å². The zero-order valence-electron chi connectivity index (χ0n) is 10.6. The van der Waals surface area contributed by atoms with Gasteiger partial charge in [0.05, 0.1) is 12.5 Å². The van der Waals surface area contributed by atoms with E-state index in [1.54, 1.807) is 4.90 Å². The molecular weight excluding hydrogens is 212 g/mol. The van der Waals surface area contributed by atoms with Crippen LogP contribution in [0.2, 0.25) is 0 Å². The molecule has 0 aromatic heterocycles. The summed E-state index contributed by atoms with van der Waals surface area (Å²) in [5, 5.41) is 8.70. The molecule has 0 unspecified atom stereocenters. The van der Waals surface area contributed by atoms with E-state index in [-0.39, 0.29) is 18.5 Å². The van der Waals surface area contributed by atoms with Crippen molar-refractivity contribution in [2.45, 2.75) is 33.2 Å². The number of rotatable bonds is 4. The van der Waals surface area contributed by atoms with E-state index >= 15 is 0 Å². The third-order valence-corrected chi connectivity index (χ3v) is 2.62. The molecule has 1 rings (SSSR count). The normalized spacial score (nSPS) is 10.1. The molecule has 0 radical (unpaired) electrons. The van der Waals surface area contributed by atoms with Crippen LogP contribution in [0, 0.1) is 18.3 Å². The monoisotopic (exact) mass is 230 g/mol. The number of nitriles is 1. The zero-order valence-corrected chi connectivity index (χ0v) is 10.6. The predicted octanol–water partition coefficient (Wildman–Crippen LogP) is 2.30. The molecule has 17 heavy (non-hydrogen) atoms. The van der Waals surface area contributed by atoms with E-state index in [4.69, 9.17) is 5.26 Å². The number of amides is 1. The van der Waals surface area contributed by atoms with E-state index in [0.717, 1.165) is 11.1 Å². The van der Waals surface area contributed by atoms with E-state index in [1.807, 2.05) is 51.1 Å². The Labute approximate surface area is 103 Å². The first kappa shape index (κ1) is 13.2. The SMILES string of the molecule is Cc1cccc(CC(=O)N(CC#N)C(C)C)c1. The number of benzene rings is 1. The molecule has 0 saturated carbocycles. The molecule has 0 saturated heterocycles. The molecule has 0 spiro atoms. The fraction of sp³-hybridized carbons (Fsp3) is 0.429. The minimum Gasteiger partial charge on any atom is -0.327 e. The van der Waals surface area contributed by atoms with Crippen LogP contribution in [0.4, 0.5) is 0 Å². The maximum atomic E-state index is 12.0. The molecule has 0 heterocycles. The fourth-order valence-electron chi connectivity index (χ4n) is 1.73. The lowest BCUT2D eigenvalue weighted by Crippen LogP contribution is -2.38. The number of aryl methyl sites for hydroxylation is 1. The number of carbonyl (C=O) groups is 1. The highest BCUT2D eigenvalue weighted by atomic mass is 16.2. The molecule has 0 fully saturated rings. The van der Waals surface area contributed by atoms with Gasteiger partial charge in [-0.1, -0.05) is 29.8 Å². The summed E-state index contributed by atoms with van der Waals surface area (Å²) < 4.78 is 0. The van der Waals surface area contributed by atoms with Crippen LogP contribution in [0.15, 0.2) is 24.3 Å². The van der Waals surface area contributed by atoms with Crippen molar-refractivity contribution in [2.24, 2.45) is 0 Å². The lowest BCUT2D eigenvalue weighted by Gasteiger charge is -2.23. The van der Waals surface area contributed by atoms with Crippen LogP contribution in [-0.2, 0) is 11.2 Å². The number of hydrogen-bond donors (Lipinski definition) is 0. The second kappa shape index (κ2) is 6.05. The summed E-state index contributed by atoms with van der Waals surface area (Å²) in [6, 6.07) is 9.99. The Balaban J connectivity index is 2.74. The second-order valence-electron chi connectivity index (χ2n) is 4.44. The Morgan fingerprint density at radius 3 is 2.71 bits per heavy atom. The summed E-state index contributed by atoms with van der Waals surface area (Å²) in [5.74, 6) is 0.00662. The minimum absolute atomic E-state index is 0.00662. The van der Waals surface area contributed by atoms with Crippen LogP contribution in [0.25, 0.3) is 0 Å². The van der Waals surface area contributed by atoms with Crippen molar-refractivity contribution in [3.8, 4) is 6.07 Å². The number of hydrogen-bond acceptors (Lipinski definition) is 2. The molecule has 0 N–H and O–H groups in total. The van der Waals surface area contributed by atoms with Crippen LogP contribution in [0.5, 0.6) is 0 Å². The Bertz CT molecular complexity index is 432. The van der Waals surface area contributed by atoms with Crippen LogP contribution < -0.4 is 0 Å². The minimum atomic E-state index is 0.00662. The third kappa shape index (κ3) is 3.92. The highest BCUT2D eigenvalue weighted by Gasteiger charge is 2.16. The lowest BCUT2D eigenvalue weighted by molar-refractivity contribution is -0.131. The van der Waals surface area contributed by atoms with Gasteiger partial charge in [-0.25, -0.2) is 0 Å². The van der Waals surface area contributed by atoms with Gasteiger partial charge in [-0.3, -0.25) is 4.79 Å². The first-order chi connectivity index (χ1) is 8.04. The first-order valence-electron chi connectivity index (χ1n) is 5.76. The summed E-state index contributed by atoms with van der Waals surface area (Å²) in [6.07, 6.45) is 0.363. The molecule has 0 aliphatic heterocycles. The molecule has 1 aromatic rings. The zero-order chi connectivity index (χ0) is 12.8. The molecule has 0 aliphatic rings. The smallest absolute Gasteiger partial charge is 0.228 e. The largest absolute Gasteiger partial charge is 0.327 e. The molecule has 3 heteroatoms. The summed E-state index contributed by atoms with van der Waals surface area (Å²) in [5.41, 5.74) is 2.14. The molecule has 0 bridgehead atoms. The van der Waals surface area contributed by atoms with Crippen molar-refractivity contribution in [1.29, 1.82) is 5.26 Å². The van der Waals surface area contributed by atoms with Gasteiger partial charge >= 0.3 is 0 Å². The Morgan fingerprint density at radius 2 is 2.18 bits per heavy atom. The quantitative estimate of drug-likeness (QED) is 0.745. The molecule has 1 amide bonds. The van der Waals surface area contributed by atoms with Gasteiger partial charge in [-0.05, 0) is 26.3 Å². The summed E-state index contributed by atoms with van der Waals surface area (Å²) >= 11 is 0. The van der Waals surface area contributed by atoms with Gasteiger partial charge in [0.1, 0.15) is 6.54 Å². The standard InChI is InChI=1S/C14H18N2O/c1-11(2)16(8-7-15)14(17)10-13-6-4-5-12(3)9-13/h4-6,9,11H,8,10H2,1-3H3. The average Bonchev–Trinajstić information content (AvgIpc) is 2.25. The van der Waals surface area contributed by atoms with Gasteiger partial charge in [-0.15, -0.1) is 0 Å². The summed E-state index contributed by atoms with van der Waals surface area (Å²) in [7, 11) is 0. The highest BCUT2D eigenvalue weighted by molar-refractivity contribution is 5.79. The first-order valence-corrected chi connectivity index (χ1v) is 5.76. The average molecular weight is 230 g/mol. The van der Waals surface area contributed by atoms with Gasteiger partial charge in [0.25, 0.3) is 0 Å². The van der Waals surface area contributed by atoms with Crippen molar-refractivity contribution >= 4 is 5.91 Å². The number of carbonyl (C=O) groups excluding carboxylic acids is 1. The van der Waals surface area contributed by atoms with Crippen molar-refractivity contribution in [3.05, 3.63) is 35.4 Å². The maximum absolute atomic E-state index is 12.0. The van der Waals surface area contributed by atoms with Crippen molar-refractivity contribution in [3.63, 3.8) is 0 Å². The van der Waals surface area contributed by atoms with Crippen LogP contribution in [0.1, 0.15) is 25.0 Å². The van der Waals surface area contributed by atoms with Gasteiger partial charge in [0.15, 0.2) is 0 Å². The Kier molecular flexibility index (Phi) is 4.71. The van der Waals surface area contributed by atoms with Crippen LogP contribution in [0.3, 0.4) is 0 Å². The molecule has 90 valence electrons. The number of nitrogens with zero attached hydrogens (tertiary/aromatic N) is 2. The third-order valence-electron chi connectivity index (χ3n) is 2.62. The van der Waals surface area contributed by atoms with E-state index in [0.29, 0.717) is 6.42 Å². The van der Waals surface area contributed by atoms with Crippen LogP contribution >= 0.6 is 0 Å². The molecule has 0 aliphatic carbocycles.